The maximum absolute atomic E-state index is 14.4. The van der Waals surface area contributed by atoms with Crippen molar-refractivity contribution in [2.45, 2.75) is 32.9 Å². The highest BCUT2D eigenvalue weighted by Crippen LogP contribution is 2.37. The molecule has 2 aromatic rings. The molecule has 4 nitrogen and oxygen atoms in total. The quantitative estimate of drug-likeness (QED) is 0.624. The second-order valence-electron chi connectivity index (χ2n) is 6.16. The third-order valence-corrected chi connectivity index (χ3v) is 3.82. The molecule has 0 aliphatic carbocycles. The van der Waals surface area contributed by atoms with Crippen molar-refractivity contribution in [2.24, 2.45) is 0 Å². The van der Waals surface area contributed by atoms with E-state index in [-0.39, 0.29) is 23.4 Å². The van der Waals surface area contributed by atoms with Crippen molar-refractivity contribution >= 4 is 17.3 Å². The van der Waals surface area contributed by atoms with Gasteiger partial charge in [0.05, 0.1) is 17.7 Å². The molecule has 0 aromatic heterocycles. The number of anilines is 2. The van der Waals surface area contributed by atoms with Crippen LogP contribution in [-0.4, -0.2) is 25.2 Å². The van der Waals surface area contributed by atoms with Gasteiger partial charge in [0.1, 0.15) is 0 Å². The molecule has 0 amide bonds. The van der Waals surface area contributed by atoms with Crippen LogP contribution in [0.15, 0.2) is 30.3 Å². The summed E-state index contributed by atoms with van der Waals surface area (Å²) in [6.07, 6.45) is -4.47. The number of benzene rings is 2. The van der Waals surface area contributed by atoms with E-state index in [0.717, 1.165) is 5.56 Å². The first-order chi connectivity index (χ1) is 13.0. The van der Waals surface area contributed by atoms with Gasteiger partial charge in [-0.05, 0) is 56.3 Å². The number of alkyl halides is 3. The standard InChI is InChI=1S/C18H17F4NO2.C2H7N/c1-3-11-5-7-13(12(8-11)9-15(24)25)23-14-6-4-10(2)16(17(14)19)18(20,21)22;1-3-2/h4-8,23H,3,9H2,1-2H3,(H,24,25);3H,1-2H3. The average Bonchev–Trinajstić information content (AvgIpc) is 2.57. The molecule has 0 saturated heterocycles. The Morgan fingerprint density at radius 1 is 1.11 bits per heavy atom. The van der Waals surface area contributed by atoms with Crippen molar-refractivity contribution in [2.75, 3.05) is 19.4 Å². The Balaban J connectivity index is 0.00000122. The first-order valence-corrected chi connectivity index (χ1v) is 8.60. The zero-order chi connectivity index (χ0) is 21.5. The number of rotatable bonds is 5. The number of carboxylic acid groups (broad SMARTS) is 1. The van der Waals surface area contributed by atoms with Crippen LogP contribution < -0.4 is 10.6 Å². The SMILES string of the molecule is CCc1ccc(Nc2ccc(C)c(C(F)(F)F)c2F)c(CC(=O)O)c1.CNC. The van der Waals surface area contributed by atoms with Gasteiger partial charge in [-0.1, -0.05) is 25.1 Å². The third kappa shape index (κ3) is 6.23. The van der Waals surface area contributed by atoms with Gasteiger partial charge < -0.3 is 15.7 Å². The lowest BCUT2D eigenvalue weighted by Gasteiger charge is -2.17. The van der Waals surface area contributed by atoms with Crippen molar-refractivity contribution in [1.29, 1.82) is 0 Å². The summed E-state index contributed by atoms with van der Waals surface area (Å²) < 4.78 is 53.5. The van der Waals surface area contributed by atoms with Crippen LogP contribution in [0.5, 0.6) is 0 Å². The smallest absolute Gasteiger partial charge is 0.419 e. The molecule has 0 unspecified atom stereocenters. The number of hydrogen-bond donors (Lipinski definition) is 3. The lowest BCUT2D eigenvalue weighted by atomic mass is 10.0. The zero-order valence-corrected chi connectivity index (χ0v) is 16.2. The molecule has 2 aromatic carbocycles. The summed E-state index contributed by atoms with van der Waals surface area (Å²) in [5, 5.41) is 14.4. The van der Waals surface area contributed by atoms with Crippen LogP contribution in [0.1, 0.15) is 29.2 Å². The zero-order valence-electron chi connectivity index (χ0n) is 16.2. The number of carboxylic acids is 1. The van der Waals surface area contributed by atoms with E-state index < -0.39 is 23.5 Å². The highest BCUT2D eigenvalue weighted by molar-refractivity contribution is 5.75. The highest BCUT2D eigenvalue weighted by atomic mass is 19.4. The second-order valence-corrected chi connectivity index (χ2v) is 6.16. The minimum Gasteiger partial charge on any atom is -0.481 e. The lowest BCUT2D eigenvalue weighted by molar-refractivity contribution is -0.140. The Morgan fingerprint density at radius 2 is 1.68 bits per heavy atom. The molecule has 0 heterocycles. The molecule has 0 atom stereocenters. The number of carbonyl (C=O) groups is 1. The summed E-state index contributed by atoms with van der Waals surface area (Å²) in [5.41, 5.74) is -0.392. The molecule has 154 valence electrons. The van der Waals surface area contributed by atoms with E-state index in [1.807, 2.05) is 21.0 Å². The highest BCUT2D eigenvalue weighted by Gasteiger charge is 2.37. The molecule has 0 bridgehead atoms. The van der Waals surface area contributed by atoms with E-state index in [1.165, 1.54) is 19.1 Å². The molecule has 0 fully saturated rings. The maximum Gasteiger partial charge on any atom is 0.419 e. The Kier molecular flexibility index (Phi) is 8.43. The molecular formula is C20H24F4N2O2. The summed E-state index contributed by atoms with van der Waals surface area (Å²) in [6, 6.07) is 7.28. The van der Waals surface area contributed by atoms with Gasteiger partial charge in [-0.3, -0.25) is 4.79 Å². The molecule has 0 radical (unpaired) electrons. The van der Waals surface area contributed by atoms with Crippen LogP contribution in [0.25, 0.3) is 0 Å². The summed E-state index contributed by atoms with van der Waals surface area (Å²) in [5.74, 6) is -2.50. The lowest BCUT2D eigenvalue weighted by Crippen LogP contribution is -2.13. The normalized spacial score (nSPS) is 10.9. The third-order valence-electron chi connectivity index (χ3n) is 3.82. The summed E-state index contributed by atoms with van der Waals surface area (Å²) >= 11 is 0. The molecule has 2 rings (SSSR count). The van der Waals surface area contributed by atoms with Crippen molar-refractivity contribution < 1.29 is 27.5 Å². The van der Waals surface area contributed by atoms with E-state index in [4.69, 9.17) is 5.11 Å². The van der Waals surface area contributed by atoms with Gasteiger partial charge in [0, 0.05) is 5.69 Å². The Morgan fingerprint density at radius 3 is 2.18 bits per heavy atom. The van der Waals surface area contributed by atoms with E-state index in [1.54, 1.807) is 18.2 Å². The van der Waals surface area contributed by atoms with E-state index in [2.05, 4.69) is 10.6 Å². The Bertz CT molecular complexity index is 821. The molecule has 0 aliphatic rings. The molecule has 0 spiro atoms. The van der Waals surface area contributed by atoms with Crippen LogP contribution in [0, 0.1) is 12.7 Å². The van der Waals surface area contributed by atoms with Gasteiger partial charge in [0.25, 0.3) is 0 Å². The summed E-state index contributed by atoms with van der Waals surface area (Å²) in [6.45, 7) is 3.07. The monoisotopic (exact) mass is 400 g/mol. The largest absolute Gasteiger partial charge is 0.481 e. The van der Waals surface area contributed by atoms with Crippen LogP contribution >= 0.6 is 0 Å². The van der Waals surface area contributed by atoms with E-state index >= 15 is 0 Å². The Labute approximate surface area is 161 Å². The molecule has 3 N–H and O–H groups in total. The van der Waals surface area contributed by atoms with Crippen molar-refractivity contribution in [1.82, 2.24) is 5.32 Å². The minimum atomic E-state index is -4.82. The average molecular weight is 400 g/mol. The van der Waals surface area contributed by atoms with Crippen molar-refractivity contribution in [3.63, 3.8) is 0 Å². The number of aryl methyl sites for hydroxylation is 2. The van der Waals surface area contributed by atoms with Crippen LogP contribution in [0.2, 0.25) is 0 Å². The first kappa shape index (κ1) is 23.4. The van der Waals surface area contributed by atoms with Crippen LogP contribution in [-0.2, 0) is 23.8 Å². The topological polar surface area (TPSA) is 61.4 Å². The fraction of sp³-hybridized carbons (Fsp3) is 0.350. The molecule has 0 aliphatic heterocycles. The van der Waals surface area contributed by atoms with Crippen molar-refractivity contribution in [3.8, 4) is 0 Å². The maximum atomic E-state index is 14.4. The summed E-state index contributed by atoms with van der Waals surface area (Å²) in [4.78, 5) is 11.0. The van der Waals surface area contributed by atoms with Gasteiger partial charge in [-0.2, -0.15) is 13.2 Å². The van der Waals surface area contributed by atoms with Crippen molar-refractivity contribution in [3.05, 3.63) is 58.4 Å². The van der Waals surface area contributed by atoms with E-state index in [9.17, 15) is 22.4 Å². The van der Waals surface area contributed by atoms with Gasteiger partial charge in [-0.25, -0.2) is 4.39 Å². The Hall–Kier alpha value is -2.61. The molecule has 28 heavy (non-hydrogen) atoms. The number of hydrogen-bond acceptors (Lipinski definition) is 3. The van der Waals surface area contributed by atoms with Gasteiger partial charge >= 0.3 is 12.1 Å². The predicted octanol–water partition coefficient (Wildman–Crippen LogP) is 4.92. The first-order valence-electron chi connectivity index (χ1n) is 8.60. The molecular weight excluding hydrogens is 376 g/mol. The van der Waals surface area contributed by atoms with Gasteiger partial charge in [-0.15, -0.1) is 0 Å². The van der Waals surface area contributed by atoms with E-state index in [0.29, 0.717) is 12.0 Å². The fourth-order valence-electron chi connectivity index (χ4n) is 2.56. The predicted molar refractivity (Wildman–Crippen MR) is 102 cm³/mol. The van der Waals surface area contributed by atoms with Crippen LogP contribution in [0.4, 0.5) is 28.9 Å². The number of aliphatic carboxylic acids is 1. The fourth-order valence-corrected chi connectivity index (χ4v) is 2.56. The second kappa shape index (κ2) is 10.1. The van der Waals surface area contributed by atoms with Gasteiger partial charge in [0.15, 0.2) is 5.82 Å². The number of nitrogens with one attached hydrogen (secondary N) is 2. The van der Waals surface area contributed by atoms with Gasteiger partial charge in [0.2, 0.25) is 0 Å². The minimum absolute atomic E-state index is 0.220. The molecule has 0 saturated carbocycles. The summed E-state index contributed by atoms with van der Waals surface area (Å²) in [7, 11) is 3.75. The molecule has 8 heteroatoms. The number of halogens is 4. The van der Waals surface area contributed by atoms with Crippen LogP contribution in [0.3, 0.4) is 0 Å².